The second kappa shape index (κ2) is 8.95. The zero-order valence-electron chi connectivity index (χ0n) is 10.1. The molecule has 6 heteroatoms. The normalized spacial score (nSPS) is 10.1. The van der Waals surface area contributed by atoms with Gasteiger partial charge in [-0.2, -0.15) is 0 Å². The van der Waals surface area contributed by atoms with E-state index < -0.39 is 17.0 Å². The second-order valence-electron chi connectivity index (χ2n) is 3.65. The summed E-state index contributed by atoms with van der Waals surface area (Å²) in [6.07, 6.45) is 0. The summed E-state index contributed by atoms with van der Waals surface area (Å²) in [5, 5.41) is 11.1. The molecule has 1 atom stereocenters. The average Bonchev–Trinajstić information content (AvgIpc) is 2.37. The molecule has 0 saturated carbocycles. The summed E-state index contributed by atoms with van der Waals surface area (Å²) in [5.74, 6) is 0.0186. The van der Waals surface area contributed by atoms with Gasteiger partial charge < -0.3 is 5.11 Å². The van der Waals surface area contributed by atoms with Crippen LogP contribution in [0.3, 0.4) is 0 Å². The third-order valence-electron chi connectivity index (χ3n) is 2.39. The van der Waals surface area contributed by atoms with Crippen molar-refractivity contribution in [1.82, 2.24) is 0 Å². The van der Waals surface area contributed by atoms with Gasteiger partial charge in [0.05, 0.1) is 0 Å². The van der Waals surface area contributed by atoms with Crippen molar-refractivity contribution in [1.29, 1.82) is 0 Å². The Hall–Kier alpha value is -0.106. The molecular weight excluding hydrogens is 341 g/mol. The van der Waals surface area contributed by atoms with Crippen LogP contribution >= 0.6 is 27.2 Å². The van der Waals surface area contributed by atoms with Crippen LogP contribution in [0.1, 0.15) is 5.56 Å². The maximum atomic E-state index is 13.6. The Labute approximate surface area is 130 Å². The van der Waals surface area contributed by atoms with Crippen LogP contribution in [0.4, 0.5) is 4.39 Å². The summed E-state index contributed by atoms with van der Waals surface area (Å²) < 4.78 is 13.6. The molecule has 1 nitrogen and oxygen atoms in total. The van der Waals surface area contributed by atoms with E-state index in [1.165, 1.54) is 6.07 Å². The Morgan fingerprint density at radius 2 is 1.74 bits per heavy atom. The summed E-state index contributed by atoms with van der Waals surface area (Å²) in [5.41, 5.74) is 0.918. The van der Waals surface area contributed by atoms with Crippen molar-refractivity contribution in [2.75, 3.05) is 0 Å². The van der Waals surface area contributed by atoms with Gasteiger partial charge in [-0.3, -0.25) is 0 Å². The molecular formula is C13H12Cl2FOPTi. The summed E-state index contributed by atoms with van der Waals surface area (Å²) in [6, 6.07) is 12.1. The predicted octanol–water partition coefficient (Wildman–Crippen LogP) is 3.85. The van der Waals surface area contributed by atoms with E-state index in [-0.39, 0.29) is 20.1 Å². The van der Waals surface area contributed by atoms with Gasteiger partial charge in [-0.05, 0) is 24.6 Å². The van der Waals surface area contributed by atoms with Crippen molar-refractivity contribution in [3.05, 3.63) is 53.8 Å². The fourth-order valence-electron chi connectivity index (χ4n) is 1.50. The molecule has 0 saturated heterocycles. The molecule has 2 rings (SSSR count). The van der Waals surface area contributed by atoms with E-state index in [1.807, 2.05) is 25.1 Å². The summed E-state index contributed by atoms with van der Waals surface area (Å²) >= 11 is -0.556. The quantitative estimate of drug-likeness (QED) is 0.643. The number of para-hydroxylation sites is 1. The topological polar surface area (TPSA) is 20.2 Å². The van der Waals surface area contributed by atoms with Crippen LogP contribution in [0, 0.1) is 12.7 Å². The zero-order chi connectivity index (χ0) is 14.3. The third kappa shape index (κ3) is 5.41. The molecule has 1 N–H and O–H groups in total. The maximum absolute atomic E-state index is 13.6. The number of rotatable bonds is 2. The van der Waals surface area contributed by atoms with E-state index in [4.69, 9.17) is 18.6 Å². The summed E-state index contributed by atoms with van der Waals surface area (Å²) in [4.78, 5) is 0. The number of aryl methyl sites for hydroxylation is 1. The molecule has 1 unspecified atom stereocenters. The van der Waals surface area contributed by atoms with E-state index in [0.717, 1.165) is 10.9 Å². The Bertz CT molecular complexity index is 520. The van der Waals surface area contributed by atoms with Crippen molar-refractivity contribution >= 4 is 37.8 Å². The first-order chi connectivity index (χ1) is 9.10. The molecule has 0 heterocycles. The van der Waals surface area contributed by atoms with Gasteiger partial charge >= 0.3 is 35.6 Å². The van der Waals surface area contributed by atoms with Crippen molar-refractivity contribution in [3.8, 4) is 5.75 Å². The van der Waals surface area contributed by atoms with Gasteiger partial charge in [0, 0.05) is 10.6 Å². The first-order valence-corrected chi connectivity index (χ1v) is 10.7. The number of halogens is 3. The number of phenolic OH excluding ortho intramolecular Hbond substituents is 1. The molecule has 2 aromatic rings. The predicted molar refractivity (Wildman–Crippen MR) is 78.5 cm³/mol. The van der Waals surface area contributed by atoms with Gasteiger partial charge in [0.25, 0.3) is 0 Å². The number of benzene rings is 2. The fraction of sp³-hybridized carbons (Fsp3) is 0.0769. The molecule has 100 valence electrons. The molecule has 2 aromatic carbocycles. The molecule has 19 heavy (non-hydrogen) atoms. The van der Waals surface area contributed by atoms with Gasteiger partial charge in [-0.15, -0.1) is 0 Å². The first kappa shape index (κ1) is 16.9. The molecule has 0 aliphatic rings. The molecule has 0 spiro atoms. The number of hydrogen-bond donors (Lipinski definition) is 1. The zero-order valence-corrected chi connectivity index (χ0v) is 14.2. The first-order valence-electron chi connectivity index (χ1n) is 5.36. The molecule has 0 aromatic heterocycles. The van der Waals surface area contributed by atoms with Gasteiger partial charge in [-0.1, -0.05) is 38.9 Å². The molecule has 0 amide bonds. The summed E-state index contributed by atoms with van der Waals surface area (Å²) in [7, 11) is 9.93. The molecule has 0 bridgehead atoms. The van der Waals surface area contributed by atoms with Crippen molar-refractivity contribution < 1.29 is 26.5 Å². The fourth-order valence-corrected chi connectivity index (χ4v) is 2.65. The molecule has 0 radical (unpaired) electrons. The molecule has 0 aliphatic carbocycles. The standard InChI is InChI=1S/C13H12FOP.2ClH.Ti/c1-9-5-4-6-10(14)13(9)16-12-8-3-2-7-11(12)15;;;/h2-8,15-16H,1H3;2*1H;/q;;;+2/p-2. The van der Waals surface area contributed by atoms with E-state index >= 15 is 0 Å². The van der Waals surface area contributed by atoms with Crippen LogP contribution in [0.25, 0.3) is 0 Å². The van der Waals surface area contributed by atoms with Gasteiger partial charge in [0.1, 0.15) is 11.6 Å². The van der Waals surface area contributed by atoms with Crippen LogP contribution in [0.5, 0.6) is 5.75 Å². The molecule has 0 fully saturated rings. The minimum atomic E-state index is -0.556. The van der Waals surface area contributed by atoms with Crippen LogP contribution in [0.15, 0.2) is 42.5 Å². The van der Waals surface area contributed by atoms with Crippen molar-refractivity contribution in [2.24, 2.45) is 0 Å². The van der Waals surface area contributed by atoms with Crippen molar-refractivity contribution in [2.45, 2.75) is 6.92 Å². The Morgan fingerprint density at radius 3 is 2.32 bits per heavy atom. The molecule has 0 aliphatic heterocycles. The Balaban J connectivity index is 0.000000550. The Morgan fingerprint density at radius 1 is 1.11 bits per heavy atom. The van der Waals surface area contributed by atoms with Gasteiger partial charge in [-0.25, -0.2) is 4.39 Å². The van der Waals surface area contributed by atoms with Gasteiger partial charge in [0.2, 0.25) is 0 Å². The van der Waals surface area contributed by atoms with E-state index in [1.54, 1.807) is 18.2 Å². The van der Waals surface area contributed by atoms with E-state index in [2.05, 4.69) is 0 Å². The Kier molecular flexibility index (Phi) is 7.98. The monoisotopic (exact) mass is 352 g/mol. The third-order valence-corrected chi connectivity index (χ3v) is 3.96. The number of aromatic hydroxyl groups is 1. The van der Waals surface area contributed by atoms with Crippen LogP contribution in [-0.4, -0.2) is 5.11 Å². The minimum absolute atomic E-state index is 0.148. The average molecular weight is 353 g/mol. The van der Waals surface area contributed by atoms with E-state index in [0.29, 0.717) is 5.30 Å². The second-order valence-corrected chi connectivity index (χ2v) is 7.51. The van der Waals surface area contributed by atoms with Gasteiger partial charge in [0.15, 0.2) is 0 Å². The van der Waals surface area contributed by atoms with Crippen LogP contribution in [-0.2, 0) is 17.0 Å². The van der Waals surface area contributed by atoms with E-state index in [9.17, 15) is 9.50 Å². The van der Waals surface area contributed by atoms with Crippen molar-refractivity contribution in [3.63, 3.8) is 0 Å². The number of phenols is 1. The van der Waals surface area contributed by atoms with Crippen LogP contribution < -0.4 is 10.6 Å². The number of hydrogen-bond acceptors (Lipinski definition) is 1. The van der Waals surface area contributed by atoms with Crippen LogP contribution in [0.2, 0.25) is 0 Å². The summed E-state index contributed by atoms with van der Waals surface area (Å²) in [6.45, 7) is 1.88. The SMILES string of the molecule is Cc1cccc(F)c1Pc1ccccc1O.[Cl][Ti][Cl].